The summed E-state index contributed by atoms with van der Waals surface area (Å²) in [6, 6.07) is 3.08. The quantitative estimate of drug-likeness (QED) is 0.821. The zero-order valence-electron chi connectivity index (χ0n) is 12.8. The smallest absolute Gasteiger partial charge is 0.399 e. The first-order valence-electron chi connectivity index (χ1n) is 6.98. The highest BCUT2D eigenvalue weighted by atomic mass is 19.1. The summed E-state index contributed by atoms with van der Waals surface area (Å²) in [5.41, 5.74) is -1.38. The second-order valence-corrected chi connectivity index (χ2v) is 6.49. The van der Waals surface area contributed by atoms with Gasteiger partial charge in [0.25, 0.3) is 0 Å². The van der Waals surface area contributed by atoms with Crippen molar-refractivity contribution in [3.05, 3.63) is 40.2 Å². The van der Waals surface area contributed by atoms with Gasteiger partial charge in [0.05, 0.1) is 16.7 Å². The van der Waals surface area contributed by atoms with Gasteiger partial charge in [0.2, 0.25) is 5.56 Å². The number of aromatic amines is 1. The number of aromatic nitrogens is 1. The molecule has 0 bridgehead atoms. The number of hydrogen-bond acceptors (Lipinski definition) is 3. The molecule has 3 rings (SSSR count). The van der Waals surface area contributed by atoms with E-state index in [1.165, 1.54) is 6.07 Å². The maximum absolute atomic E-state index is 14.2. The van der Waals surface area contributed by atoms with E-state index in [-0.39, 0.29) is 16.4 Å². The van der Waals surface area contributed by atoms with Crippen LogP contribution in [0.2, 0.25) is 0 Å². The van der Waals surface area contributed by atoms with Crippen molar-refractivity contribution in [3.63, 3.8) is 0 Å². The van der Waals surface area contributed by atoms with Crippen LogP contribution in [0.3, 0.4) is 0 Å². The molecule has 7 heteroatoms. The zero-order valence-corrected chi connectivity index (χ0v) is 12.8. The molecule has 0 unspecified atom stereocenters. The minimum atomic E-state index is -0.894. The molecule has 1 aliphatic heterocycles. The van der Waals surface area contributed by atoms with Gasteiger partial charge in [-0.1, -0.05) is 0 Å². The van der Waals surface area contributed by atoms with Crippen molar-refractivity contribution in [2.75, 3.05) is 0 Å². The van der Waals surface area contributed by atoms with Crippen LogP contribution < -0.4 is 11.0 Å². The van der Waals surface area contributed by atoms with Gasteiger partial charge in [0.15, 0.2) is 0 Å². The van der Waals surface area contributed by atoms with E-state index in [2.05, 4.69) is 4.98 Å². The van der Waals surface area contributed by atoms with Crippen molar-refractivity contribution in [3.8, 4) is 0 Å². The predicted molar refractivity (Wildman–Crippen MR) is 80.2 cm³/mol. The van der Waals surface area contributed by atoms with E-state index >= 15 is 0 Å². The van der Waals surface area contributed by atoms with Crippen LogP contribution in [0.15, 0.2) is 23.0 Å². The van der Waals surface area contributed by atoms with Gasteiger partial charge in [-0.15, -0.1) is 0 Å². The molecule has 0 saturated carbocycles. The molecule has 0 aliphatic carbocycles. The van der Waals surface area contributed by atoms with E-state index < -0.39 is 35.5 Å². The molecule has 0 radical (unpaired) electrons. The Balaban J connectivity index is 2.22. The third kappa shape index (κ3) is 2.25. The maximum Gasteiger partial charge on any atom is 0.495 e. The van der Waals surface area contributed by atoms with E-state index in [1.807, 2.05) is 27.7 Å². The van der Waals surface area contributed by atoms with Crippen molar-refractivity contribution >= 4 is 23.5 Å². The Morgan fingerprint density at radius 1 is 1.05 bits per heavy atom. The number of pyridine rings is 1. The van der Waals surface area contributed by atoms with Crippen LogP contribution >= 0.6 is 0 Å². The van der Waals surface area contributed by atoms with E-state index in [0.717, 1.165) is 12.1 Å². The second kappa shape index (κ2) is 4.63. The minimum absolute atomic E-state index is 0.0784. The van der Waals surface area contributed by atoms with Crippen molar-refractivity contribution < 1.29 is 18.1 Å². The molecule has 1 aromatic carbocycles. The largest absolute Gasteiger partial charge is 0.495 e. The summed E-state index contributed by atoms with van der Waals surface area (Å²) < 4.78 is 39.3. The highest BCUT2D eigenvalue weighted by Crippen LogP contribution is 2.37. The van der Waals surface area contributed by atoms with Gasteiger partial charge < -0.3 is 14.3 Å². The zero-order chi connectivity index (χ0) is 16.3. The number of H-pyrrole nitrogens is 1. The molecule has 116 valence electrons. The first-order valence-corrected chi connectivity index (χ1v) is 6.98. The summed E-state index contributed by atoms with van der Waals surface area (Å²) in [5.74, 6) is -1.53. The van der Waals surface area contributed by atoms with Crippen molar-refractivity contribution in [1.29, 1.82) is 0 Å². The molecule has 1 N–H and O–H groups in total. The molecule has 0 atom stereocenters. The van der Waals surface area contributed by atoms with Crippen LogP contribution in [-0.4, -0.2) is 23.3 Å². The van der Waals surface area contributed by atoms with Crippen LogP contribution in [0, 0.1) is 11.6 Å². The fraction of sp³-hybridized carbons (Fsp3) is 0.400. The van der Waals surface area contributed by atoms with Gasteiger partial charge in [-0.3, -0.25) is 4.79 Å². The summed E-state index contributed by atoms with van der Waals surface area (Å²) >= 11 is 0. The molecule has 1 saturated heterocycles. The molecule has 0 spiro atoms. The van der Waals surface area contributed by atoms with E-state index in [9.17, 15) is 13.6 Å². The van der Waals surface area contributed by atoms with Crippen LogP contribution in [0.4, 0.5) is 8.78 Å². The number of halogens is 2. The fourth-order valence-corrected chi connectivity index (χ4v) is 2.50. The standard InChI is InChI=1S/C15H16BF2NO3/c1-14(2)15(3,4)22-16(21-14)9-7-12(20)19-11-6-8(17)5-10(18)13(9)11/h5-7H,1-4H3,(H,19,20). The lowest BCUT2D eigenvalue weighted by Gasteiger charge is -2.32. The summed E-state index contributed by atoms with van der Waals surface area (Å²) in [5, 5.41) is 0.0968. The van der Waals surface area contributed by atoms with Crippen molar-refractivity contribution in [1.82, 2.24) is 4.98 Å². The molecule has 22 heavy (non-hydrogen) atoms. The molecule has 0 amide bonds. The Kier molecular flexibility index (Phi) is 3.20. The number of rotatable bonds is 1. The number of nitrogens with one attached hydrogen (secondary N) is 1. The van der Waals surface area contributed by atoms with E-state index in [0.29, 0.717) is 0 Å². The van der Waals surface area contributed by atoms with E-state index in [1.54, 1.807) is 0 Å². The molecule has 2 heterocycles. The maximum atomic E-state index is 14.2. The summed E-state index contributed by atoms with van der Waals surface area (Å²) in [7, 11) is -0.894. The minimum Gasteiger partial charge on any atom is -0.399 e. The Bertz CT molecular complexity index is 800. The Labute approximate surface area is 126 Å². The van der Waals surface area contributed by atoms with Crippen molar-refractivity contribution in [2.45, 2.75) is 38.9 Å². The average molecular weight is 307 g/mol. The third-order valence-corrected chi connectivity index (χ3v) is 4.40. The fourth-order valence-electron chi connectivity index (χ4n) is 2.50. The average Bonchev–Trinajstić information content (AvgIpc) is 2.56. The topological polar surface area (TPSA) is 51.3 Å². The second-order valence-electron chi connectivity index (χ2n) is 6.49. The lowest BCUT2D eigenvalue weighted by atomic mass is 9.77. The van der Waals surface area contributed by atoms with Gasteiger partial charge in [0.1, 0.15) is 11.6 Å². The molecular weight excluding hydrogens is 291 g/mol. The van der Waals surface area contributed by atoms with Gasteiger partial charge >= 0.3 is 7.12 Å². The van der Waals surface area contributed by atoms with Gasteiger partial charge in [-0.05, 0) is 33.8 Å². The number of benzene rings is 1. The van der Waals surface area contributed by atoms with Crippen LogP contribution in [0.25, 0.3) is 10.9 Å². The normalized spacial score (nSPS) is 19.8. The third-order valence-electron chi connectivity index (χ3n) is 4.40. The lowest BCUT2D eigenvalue weighted by Crippen LogP contribution is -2.41. The molecule has 4 nitrogen and oxygen atoms in total. The lowest BCUT2D eigenvalue weighted by molar-refractivity contribution is 0.00578. The SMILES string of the molecule is CC1(C)OB(c2cc(=O)[nH]c3cc(F)cc(F)c23)OC1(C)C. The Morgan fingerprint density at radius 3 is 2.23 bits per heavy atom. The molecule has 1 aromatic heterocycles. The number of fused-ring (bicyclic) bond motifs is 1. The monoisotopic (exact) mass is 307 g/mol. The summed E-state index contributed by atoms with van der Waals surface area (Å²) in [4.78, 5) is 14.2. The first kappa shape index (κ1) is 15.2. The van der Waals surface area contributed by atoms with Crippen LogP contribution in [-0.2, 0) is 9.31 Å². The molecular formula is C15H16BF2NO3. The van der Waals surface area contributed by atoms with Gasteiger partial charge in [-0.2, -0.15) is 0 Å². The summed E-state index contributed by atoms with van der Waals surface area (Å²) in [6.07, 6.45) is 0. The van der Waals surface area contributed by atoms with Gasteiger partial charge in [0, 0.05) is 23.0 Å². The van der Waals surface area contributed by atoms with Crippen LogP contribution in [0.5, 0.6) is 0 Å². The molecule has 1 aliphatic rings. The van der Waals surface area contributed by atoms with Crippen molar-refractivity contribution in [2.24, 2.45) is 0 Å². The summed E-state index contributed by atoms with van der Waals surface area (Å²) in [6.45, 7) is 7.44. The highest BCUT2D eigenvalue weighted by Gasteiger charge is 2.52. The van der Waals surface area contributed by atoms with E-state index in [4.69, 9.17) is 9.31 Å². The number of hydrogen-bond donors (Lipinski definition) is 1. The molecule has 2 aromatic rings. The Morgan fingerprint density at radius 2 is 1.64 bits per heavy atom. The van der Waals surface area contributed by atoms with Crippen LogP contribution in [0.1, 0.15) is 27.7 Å². The van der Waals surface area contributed by atoms with Gasteiger partial charge in [-0.25, -0.2) is 8.78 Å². The molecule has 1 fully saturated rings. The highest BCUT2D eigenvalue weighted by molar-refractivity contribution is 6.65. The Hall–Kier alpha value is -1.73. The first-order chi connectivity index (χ1) is 10.1. The predicted octanol–water partition coefficient (Wildman–Crippen LogP) is 2.11.